The molecule has 0 aliphatic heterocycles. The smallest absolute Gasteiger partial charge is 0.322 e. The molecule has 0 spiro atoms. The lowest BCUT2D eigenvalue weighted by molar-refractivity contribution is -0.137. The third kappa shape index (κ3) is 4.87. The van der Waals surface area contributed by atoms with E-state index < -0.39 is 11.5 Å². The van der Waals surface area contributed by atoms with E-state index in [1.54, 1.807) is 18.3 Å². The van der Waals surface area contributed by atoms with E-state index in [0.717, 1.165) is 5.69 Å². The Morgan fingerprint density at radius 1 is 1.35 bits per heavy atom. The van der Waals surface area contributed by atoms with Crippen LogP contribution in [0.2, 0.25) is 0 Å². The molecule has 1 heterocycles. The number of urea groups is 1. The molecule has 1 aromatic heterocycles. The molecule has 0 atom stereocenters. The molecular weight excluding hydrogens is 258 g/mol. The fraction of sp³-hybridized carbons (Fsp3) is 0.500. The number of hydrogen-bond acceptors (Lipinski definition) is 3. The summed E-state index contributed by atoms with van der Waals surface area (Å²) in [5, 5.41) is 11.5. The number of aromatic nitrogens is 1. The van der Waals surface area contributed by atoms with Crippen molar-refractivity contribution in [1.82, 2.24) is 9.88 Å². The molecule has 2 N–H and O–H groups in total. The number of carbonyl (C=O) groups excluding carboxylic acids is 1. The molecule has 0 saturated heterocycles. The minimum absolute atomic E-state index is 0.0865. The second-order valence-electron chi connectivity index (χ2n) is 5.58. The third-order valence-electron chi connectivity index (χ3n) is 2.77. The van der Waals surface area contributed by atoms with Crippen LogP contribution in [-0.4, -0.2) is 39.1 Å². The highest BCUT2D eigenvalue weighted by atomic mass is 16.4. The van der Waals surface area contributed by atoms with Crippen molar-refractivity contribution in [3.63, 3.8) is 0 Å². The van der Waals surface area contributed by atoms with E-state index in [0.29, 0.717) is 5.69 Å². The largest absolute Gasteiger partial charge is 0.481 e. The molecule has 6 nitrogen and oxygen atoms in total. The lowest BCUT2D eigenvalue weighted by Crippen LogP contribution is -2.48. The van der Waals surface area contributed by atoms with Gasteiger partial charge < -0.3 is 15.3 Å². The summed E-state index contributed by atoms with van der Waals surface area (Å²) in [6.07, 6.45) is 1.49. The molecular formula is C14H21N3O3. The van der Waals surface area contributed by atoms with Crippen LogP contribution in [0, 0.1) is 6.92 Å². The van der Waals surface area contributed by atoms with Crippen LogP contribution in [0.5, 0.6) is 0 Å². The second-order valence-corrected chi connectivity index (χ2v) is 5.58. The Labute approximate surface area is 118 Å². The van der Waals surface area contributed by atoms with Crippen molar-refractivity contribution in [3.05, 3.63) is 24.0 Å². The first-order chi connectivity index (χ1) is 9.20. The maximum absolute atomic E-state index is 12.3. The number of anilines is 1. The van der Waals surface area contributed by atoms with Crippen molar-refractivity contribution in [3.8, 4) is 0 Å². The molecule has 2 amide bonds. The maximum Gasteiger partial charge on any atom is 0.322 e. The molecule has 1 aromatic rings. The van der Waals surface area contributed by atoms with Gasteiger partial charge in [-0.1, -0.05) is 0 Å². The number of aliphatic carboxylic acids is 1. The van der Waals surface area contributed by atoms with Crippen LogP contribution in [0.3, 0.4) is 0 Å². The van der Waals surface area contributed by atoms with Gasteiger partial charge in [-0.3, -0.25) is 9.78 Å². The Morgan fingerprint density at radius 2 is 2.00 bits per heavy atom. The van der Waals surface area contributed by atoms with Crippen molar-refractivity contribution in [2.24, 2.45) is 0 Å². The lowest BCUT2D eigenvalue weighted by Gasteiger charge is -2.35. The summed E-state index contributed by atoms with van der Waals surface area (Å²) in [6.45, 7) is 7.61. The number of amides is 2. The fourth-order valence-electron chi connectivity index (χ4n) is 1.68. The number of nitrogens with zero attached hydrogens (tertiary/aromatic N) is 2. The van der Waals surface area contributed by atoms with Gasteiger partial charge in [0.1, 0.15) is 0 Å². The number of nitrogens with one attached hydrogen (secondary N) is 1. The summed E-state index contributed by atoms with van der Waals surface area (Å²) in [6, 6.07) is 3.23. The number of aryl methyl sites for hydroxylation is 1. The summed E-state index contributed by atoms with van der Waals surface area (Å²) >= 11 is 0. The minimum atomic E-state index is -0.927. The number of pyridine rings is 1. The van der Waals surface area contributed by atoms with Gasteiger partial charge in [-0.05, 0) is 39.8 Å². The maximum atomic E-state index is 12.3. The fourth-order valence-corrected chi connectivity index (χ4v) is 1.68. The quantitative estimate of drug-likeness (QED) is 0.887. The molecule has 20 heavy (non-hydrogen) atoms. The Hall–Kier alpha value is -2.11. The lowest BCUT2D eigenvalue weighted by atomic mass is 10.1. The summed E-state index contributed by atoms with van der Waals surface area (Å²) < 4.78 is 0. The zero-order chi connectivity index (χ0) is 15.3. The van der Waals surface area contributed by atoms with E-state index in [-0.39, 0.29) is 19.0 Å². The van der Waals surface area contributed by atoms with Crippen molar-refractivity contribution < 1.29 is 14.7 Å². The molecule has 0 fully saturated rings. The van der Waals surface area contributed by atoms with Crippen molar-refractivity contribution >= 4 is 17.7 Å². The van der Waals surface area contributed by atoms with Crippen molar-refractivity contribution in [2.75, 3.05) is 11.9 Å². The highest BCUT2D eigenvalue weighted by Gasteiger charge is 2.26. The Balaban J connectivity index is 2.77. The van der Waals surface area contributed by atoms with E-state index in [1.165, 1.54) is 4.90 Å². The molecule has 6 heteroatoms. The van der Waals surface area contributed by atoms with E-state index in [4.69, 9.17) is 5.11 Å². The Bertz CT molecular complexity index is 477. The van der Waals surface area contributed by atoms with Crippen LogP contribution in [-0.2, 0) is 4.79 Å². The number of hydrogen-bond donors (Lipinski definition) is 2. The summed E-state index contributed by atoms with van der Waals surface area (Å²) in [5.74, 6) is -0.927. The predicted octanol–water partition coefficient (Wildman–Crippen LogP) is 2.50. The first kappa shape index (κ1) is 15.9. The van der Waals surface area contributed by atoms with Crippen LogP contribution in [0.15, 0.2) is 18.3 Å². The minimum Gasteiger partial charge on any atom is -0.481 e. The first-order valence-electron chi connectivity index (χ1n) is 6.43. The van der Waals surface area contributed by atoms with Gasteiger partial charge in [0.2, 0.25) is 0 Å². The van der Waals surface area contributed by atoms with Crippen LogP contribution in [0.1, 0.15) is 32.9 Å². The number of carbonyl (C=O) groups is 2. The van der Waals surface area contributed by atoms with Gasteiger partial charge in [0.25, 0.3) is 0 Å². The van der Waals surface area contributed by atoms with Gasteiger partial charge in [0.05, 0.1) is 18.3 Å². The average molecular weight is 279 g/mol. The highest BCUT2D eigenvalue weighted by Crippen LogP contribution is 2.16. The summed E-state index contributed by atoms with van der Waals surface area (Å²) in [7, 11) is 0. The van der Waals surface area contributed by atoms with Gasteiger partial charge in [-0.2, -0.15) is 0 Å². The van der Waals surface area contributed by atoms with Gasteiger partial charge >= 0.3 is 12.0 Å². The first-order valence-corrected chi connectivity index (χ1v) is 6.43. The SMILES string of the molecule is Cc1ccc(NC(=O)N(CCC(=O)O)C(C)(C)C)cn1. The predicted molar refractivity (Wildman–Crippen MR) is 76.7 cm³/mol. The molecule has 110 valence electrons. The van der Waals surface area contributed by atoms with E-state index in [9.17, 15) is 9.59 Å². The van der Waals surface area contributed by atoms with E-state index in [2.05, 4.69) is 10.3 Å². The Kier molecular flexibility index (Phi) is 5.07. The zero-order valence-electron chi connectivity index (χ0n) is 12.3. The Morgan fingerprint density at radius 3 is 2.45 bits per heavy atom. The van der Waals surface area contributed by atoms with E-state index in [1.807, 2.05) is 27.7 Å². The third-order valence-corrected chi connectivity index (χ3v) is 2.77. The topological polar surface area (TPSA) is 82.5 Å². The molecule has 0 aromatic carbocycles. The van der Waals surface area contributed by atoms with Gasteiger partial charge in [-0.15, -0.1) is 0 Å². The molecule has 0 aliphatic rings. The monoisotopic (exact) mass is 279 g/mol. The van der Waals surface area contributed by atoms with Crippen LogP contribution >= 0.6 is 0 Å². The number of rotatable bonds is 4. The average Bonchev–Trinajstić information content (AvgIpc) is 2.30. The summed E-state index contributed by atoms with van der Waals surface area (Å²) in [5.41, 5.74) is 0.990. The van der Waals surface area contributed by atoms with Gasteiger partial charge in [-0.25, -0.2) is 4.79 Å². The molecule has 1 rings (SSSR count). The summed E-state index contributed by atoms with van der Waals surface area (Å²) in [4.78, 5) is 28.5. The highest BCUT2D eigenvalue weighted by molar-refractivity contribution is 5.89. The molecule has 0 unspecified atom stereocenters. The molecule has 0 radical (unpaired) electrons. The second kappa shape index (κ2) is 6.36. The molecule has 0 saturated carbocycles. The standard InChI is InChI=1S/C14H21N3O3/c1-10-5-6-11(9-15-10)16-13(20)17(14(2,3)4)8-7-12(18)19/h5-6,9H,7-8H2,1-4H3,(H,16,20)(H,18,19). The molecule has 0 aliphatic carbocycles. The van der Waals surface area contributed by atoms with Gasteiger partial charge in [0, 0.05) is 17.8 Å². The van der Waals surface area contributed by atoms with Crippen molar-refractivity contribution in [1.29, 1.82) is 0 Å². The number of carboxylic acids is 1. The molecule has 0 bridgehead atoms. The van der Waals surface area contributed by atoms with Crippen LogP contribution in [0.25, 0.3) is 0 Å². The van der Waals surface area contributed by atoms with Crippen LogP contribution in [0.4, 0.5) is 10.5 Å². The normalized spacial score (nSPS) is 11.0. The van der Waals surface area contributed by atoms with Crippen molar-refractivity contribution in [2.45, 2.75) is 39.7 Å². The van der Waals surface area contributed by atoms with E-state index >= 15 is 0 Å². The number of carboxylic acid groups (broad SMARTS) is 1. The van der Waals surface area contributed by atoms with Gasteiger partial charge in [0.15, 0.2) is 0 Å². The zero-order valence-corrected chi connectivity index (χ0v) is 12.3. The van der Waals surface area contributed by atoms with Crippen LogP contribution < -0.4 is 5.32 Å².